The standard InChI is InChI=1S/C15H14ClN7/c1-9-4-6-18-11(7-9)23-15-12(17)14(20-8-21-15)22-10-3-2-5-19-13(10)16/h2-8H,17H2,1H3,(H2,18,20,21,22,23). The number of anilines is 5. The third-order valence-corrected chi connectivity index (χ3v) is 3.36. The first-order valence-corrected chi connectivity index (χ1v) is 7.19. The molecule has 0 radical (unpaired) electrons. The van der Waals surface area contributed by atoms with Gasteiger partial charge in [0.1, 0.15) is 17.8 Å². The van der Waals surface area contributed by atoms with E-state index in [4.69, 9.17) is 17.3 Å². The van der Waals surface area contributed by atoms with Gasteiger partial charge in [0, 0.05) is 12.4 Å². The fraction of sp³-hybridized carbons (Fsp3) is 0.0667. The lowest BCUT2D eigenvalue weighted by Crippen LogP contribution is -2.06. The number of nitrogen functional groups attached to an aromatic ring is 1. The Morgan fingerprint density at radius 3 is 2.52 bits per heavy atom. The molecule has 7 nitrogen and oxygen atoms in total. The van der Waals surface area contributed by atoms with Crippen LogP contribution in [0.1, 0.15) is 5.56 Å². The van der Waals surface area contributed by atoms with Gasteiger partial charge in [0.25, 0.3) is 0 Å². The Bertz CT molecular complexity index is 838. The molecule has 3 aromatic rings. The molecular weight excluding hydrogens is 314 g/mol. The van der Waals surface area contributed by atoms with Crippen LogP contribution < -0.4 is 16.4 Å². The normalized spacial score (nSPS) is 10.3. The van der Waals surface area contributed by atoms with Gasteiger partial charge in [-0.1, -0.05) is 11.6 Å². The van der Waals surface area contributed by atoms with Gasteiger partial charge < -0.3 is 16.4 Å². The van der Waals surface area contributed by atoms with Gasteiger partial charge in [-0.3, -0.25) is 0 Å². The second-order valence-corrected chi connectivity index (χ2v) is 5.15. The maximum atomic E-state index is 6.13. The van der Waals surface area contributed by atoms with Gasteiger partial charge in [-0.25, -0.2) is 19.9 Å². The molecule has 3 aromatic heterocycles. The Balaban J connectivity index is 1.88. The molecule has 0 saturated carbocycles. The van der Waals surface area contributed by atoms with Gasteiger partial charge in [0.15, 0.2) is 16.8 Å². The van der Waals surface area contributed by atoms with E-state index in [1.807, 2.05) is 19.1 Å². The highest BCUT2D eigenvalue weighted by atomic mass is 35.5. The Morgan fingerprint density at radius 2 is 1.78 bits per heavy atom. The quantitative estimate of drug-likeness (QED) is 0.632. The van der Waals surface area contributed by atoms with Crippen molar-refractivity contribution in [2.75, 3.05) is 16.4 Å². The number of halogens is 1. The third-order valence-electron chi connectivity index (χ3n) is 3.06. The minimum atomic E-state index is 0.334. The fourth-order valence-electron chi connectivity index (χ4n) is 1.93. The average Bonchev–Trinajstić information content (AvgIpc) is 2.53. The Hall–Kier alpha value is -2.93. The molecule has 116 valence electrons. The molecule has 3 rings (SSSR count). The lowest BCUT2D eigenvalue weighted by Gasteiger charge is -2.12. The summed E-state index contributed by atoms with van der Waals surface area (Å²) in [6, 6.07) is 7.35. The van der Waals surface area contributed by atoms with Crippen LogP contribution in [0.25, 0.3) is 0 Å². The molecule has 0 saturated heterocycles. The molecule has 0 bridgehead atoms. The van der Waals surface area contributed by atoms with Crippen LogP contribution in [0.3, 0.4) is 0 Å². The summed E-state index contributed by atoms with van der Waals surface area (Å²) in [4.78, 5) is 16.5. The van der Waals surface area contributed by atoms with E-state index in [1.54, 1.807) is 24.5 Å². The van der Waals surface area contributed by atoms with Gasteiger partial charge in [0.05, 0.1) is 5.69 Å². The van der Waals surface area contributed by atoms with E-state index in [2.05, 4.69) is 30.6 Å². The van der Waals surface area contributed by atoms with Crippen LogP contribution in [0, 0.1) is 6.92 Å². The van der Waals surface area contributed by atoms with Gasteiger partial charge in [0.2, 0.25) is 0 Å². The third kappa shape index (κ3) is 3.46. The highest BCUT2D eigenvalue weighted by Crippen LogP contribution is 2.29. The molecule has 0 fully saturated rings. The Morgan fingerprint density at radius 1 is 1.00 bits per heavy atom. The van der Waals surface area contributed by atoms with Crippen LogP contribution in [-0.4, -0.2) is 19.9 Å². The molecule has 0 spiro atoms. The van der Waals surface area contributed by atoms with Crippen molar-refractivity contribution in [2.45, 2.75) is 6.92 Å². The van der Waals surface area contributed by atoms with Crippen LogP contribution in [0.15, 0.2) is 43.0 Å². The number of aryl methyl sites for hydroxylation is 1. The Kier molecular flexibility index (Phi) is 4.20. The summed E-state index contributed by atoms with van der Waals surface area (Å²) in [7, 11) is 0. The first-order chi connectivity index (χ1) is 11.1. The summed E-state index contributed by atoms with van der Waals surface area (Å²) in [5.41, 5.74) is 8.17. The summed E-state index contributed by atoms with van der Waals surface area (Å²) < 4.78 is 0. The first kappa shape index (κ1) is 15.0. The van der Waals surface area contributed by atoms with Crippen molar-refractivity contribution in [1.29, 1.82) is 0 Å². The van der Waals surface area contributed by atoms with Gasteiger partial charge in [-0.05, 0) is 36.8 Å². The lowest BCUT2D eigenvalue weighted by molar-refractivity contribution is 1.16. The predicted octanol–water partition coefficient (Wildman–Crippen LogP) is 3.30. The largest absolute Gasteiger partial charge is 0.393 e. The number of pyridine rings is 2. The summed E-state index contributed by atoms with van der Waals surface area (Å²) in [5.74, 6) is 1.55. The van der Waals surface area contributed by atoms with Crippen LogP contribution in [-0.2, 0) is 0 Å². The predicted molar refractivity (Wildman–Crippen MR) is 91.2 cm³/mol. The molecule has 0 aromatic carbocycles. The second-order valence-electron chi connectivity index (χ2n) is 4.79. The first-order valence-electron chi connectivity index (χ1n) is 6.81. The number of hydrogen-bond donors (Lipinski definition) is 3. The van der Waals surface area contributed by atoms with Crippen LogP contribution >= 0.6 is 11.6 Å². The SMILES string of the molecule is Cc1ccnc(Nc2ncnc(Nc3cccnc3Cl)c2N)c1. The monoisotopic (exact) mass is 327 g/mol. The summed E-state index contributed by atoms with van der Waals surface area (Å²) >= 11 is 6.03. The lowest BCUT2D eigenvalue weighted by atomic mass is 10.3. The molecule has 8 heteroatoms. The molecular formula is C15H14ClN7. The zero-order chi connectivity index (χ0) is 16.2. The van der Waals surface area contributed by atoms with Crippen molar-refractivity contribution in [3.63, 3.8) is 0 Å². The molecule has 0 unspecified atom stereocenters. The van der Waals surface area contributed by atoms with Gasteiger partial charge in [-0.15, -0.1) is 0 Å². The van der Waals surface area contributed by atoms with E-state index >= 15 is 0 Å². The minimum Gasteiger partial charge on any atom is -0.393 e. The van der Waals surface area contributed by atoms with Crippen molar-refractivity contribution in [3.8, 4) is 0 Å². The maximum Gasteiger partial charge on any atom is 0.160 e. The number of hydrogen-bond acceptors (Lipinski definition) is 7. The number of rotatable bonds is 4. The highest BCUT2D eigenvalue weighted by Gasteiger charge is 2.10. The number of nitrogens with zero attached hydrogens (tertiary/aromatic N) is 4. The van der Waals surface area contributed by atoms with Crippen molar-refractivity contribution >= 4 is 40.4 Å². The molecule has 0 aliphatic carbocycles. The topological polar surface area (TPSA) is 102 Å². The maximum absolute atomic E-state index is 6.13. The molecule has 3 heterocycles. The van der Waals surface area contributed by atoms with Gasteiger partial charge >= 0.3 is 0 Å². The number of nitrogens with one attached hydrogen (secondary N) is 2. The van der Waals surface area contributed by atoms with Crippen LogP contribution in [0.4, 0.5) is 28.8 Å². The number of nitrogens with two attached hydrogens (primary N) is 1. The molecule has 0 atom stereocenters. The Labute approximate surface area is 138 Å². The summed E-state index contributed by atoms with van der Waals surface area (Å²) in [6.45, 7) is 1.98. The second kappa shape index (κ2) is 6.45. The van der Waals surface area contributed by atoms with E-state index in [9.17, 15) is 0 Å². The molecule has 0 aliphatic heterocycles. The summed E-state index contributed by atoms with van der Waals surface area (Å²) in [5, 5.41) is 6.46. The van der Waals surface area contributed by atoms with E-state index in [-0.39, 0.29) is 0 Å². The molecule has 0 amide bonds. The van der Waals surface area contributed by atoms with E-state index < -0.39 is 0 Å². The van der Waals surface area contributed by atoms with Crippen LogP contribution in [0.5, 0.6) is 0 Å². The summed E-state index contributed by atoms with van der Waals surface area (Å²) in [6.07, 6.45) is 4.72. The fourth-order valence-corrected chi connectivity index (χ4v) is 2.09. The number of aromatic nitrogens is 4. The van der Waals surface area contributed by atoms with Crippen molar-refractivity contribution in [3.05, 3.63) is 53.7 Å². The van der Waals surface area contributed by atoms with Crippen molar-refractivity contribution < 1.29 is 0 Å². The average molecular weight is 328 g/mol. The molecule has 4 N–H and O–H groups in total. The van der Waals surface area contributed by atoms with E-state index in [0.29, 0.717) is 34.0 Å². The van der Waals surface area contributed by atoms with E-state index in [0.717, 1.165) is 5.56 Å². The van der Waals surface area contributed by atoms with Crippen molar-refractivity contribution in [1.82, 2.24) is 19.9 Å². The van der Waals surface area contributed by atoms with Crippen LogP contribution in [0.2, 0.25) is 5.15 Å². The van der Waals surface area contributed by atoms with E-state index in [1.165, 1.54) is 6.33 Å². The zero-order valence-electron chi connectivity index (χ0n) is 12.3. The van der Waals surface area contributed by atoms with Gasteiger partial charge in [-0.2, -0.15) is 0 Å². The minimum absolute atomic E-state index is 0.334. The smallest absolute Gasteiger partial charge is 0.160 e. The van der Waals surface area contributed by atoms with Crippen molar-refractivity contribution in [2.24, 2.45) is 0 Å². The molecule has 23 heavy (non-hydrogen) atoms. The zero-order valence-corrected chi connectivity index (χ0v) is 13.0. The molecule has 0 aliphatic rings. The highest BCUT2D eigenvalue weighted by molar-refractivity contribution is 6.32.